The van der Waals surface area contributed by atoms with Crippen molar-refractivity contribution < 1.29 is 59.3 Å². The van der Waals surface area contributed by atoms with E-state index in [1.54, 1.807) is 0 Å². The molecule has 3 N–H and O–H groups in total. The van der Waals surface area contributed by atoms with E-state index in [-0.39, 0.29) is 23.4 Å². The third-order valence-electron chi connectivity index (χ3n) is 8.37. The highest BCUT2D eigenvalue weighted by molar-refractivity contribution is 7.92. The van der Waals surface area contributed by atoms with Gasteiger partial charge in [0.1, 0.15) is 10.6 Å². The number of likely N-dealkylation sites (tertiary alicyclic amines) is 1. The first-order valence-corrected chi connectivity index (χ1v) is 14.5. The lowest BCUT2D eigenvalue weighted by molar-refractivity contribution is -0.376. The lowest BCUT2D eigenvalue weighted by Gasteiger charge is -2.34. The summed E-state index contributed by atoms with van der Waals surface area (Å²) in [6.45, 7) is -0.602. The summed E-state index contributed by atoms with van der Waals surface area (Å²) in [6.07, 6.45) is -12.8. The summed E-state index contributed by atoms with van der Waals surface area (Å²) >= 11 is 0. The van der Waals surface area contributed by atoms with E-state index in [4.69, 9.17) is 0 Å². The van der Waals surface area contributed by atoms with Crippen LogP contribution < -0.4 is 0 Å². The van der Waals surface area contributed by atoms with E-state index in [0.717, 1.165) is 36.4 Å². The first-order valence-electron chi connectivity index (χ1n) is 13.0. The Hall–Kier alpha value is -2.75. The molecule has 0 bridgehead atoms. The zero-order chi connectivity index (χ0) is 31.3. The predicted molar refractivity (Wildman–Crippen MR) is 133 cm³/mol. The highest BCUT2D eigenvalue weighted by Gasteiger charge is 2.71. The maximum atomic E-state index is 14.0. The SMILES string of the molecule is O=C(C1CCC(C(O)O)CC1)N1CC[C@](c2ccc(C(O)(C(F)(F)F)C(F)(F)F)cc2)(S(=O)(=O)c2ccc(F)cc2)C1. The van der Waals surface area contributed by atoms with Crippen LogP contribution in [0, 0.1) is 17.7 Å². The Morgan fingerprint density at radius 2 is 1.40 bits per heavy atom. The van der Waals surface area contributed by atoms with Gasteiger partial charge in [0.25, 0.3) is 5.60 Å². The number of hydrogen-bond acceptors (Lipinski definition) is 6. The van der Waals surface area contributed by atoms with Gasteiger partial charge in [-0.2, -0.15) is 26.3 Å². The standard InChI is InChI=1S/C27H28F7NO6S/c28-20-9-11-21(12-10-20)42(40,41)24(13-14-35(15-24)22(36)16-1-3-17(4-2-16)23(37)38)18-5-7-19(8-6-18)25(39,26(29,30)31)27(32,33)34/h5-12,16-17,23,37-39H,1-4,13-15H2/t16?,17?,24-/m0/s1. The van der Waals surface area contributed by atoms with Crippen molar-refractivity contribution in [3.63, 3.8) is 0 Å². The van der Waals surface area contributed by atoms with Gasteiger partial charge >= 0.3 is 12.4 Å². The minimum atomic E-state index is -6.15. The fourth-order valence-corrected chi connectivity index (χ4v) is 7.92. The second kappa shape index (κ2) is 11.1. The first-order chi connectivity index (χ1) is 19.3. The van der Waals surface area contributed by atoms with Gasteiger partial charge in [-0.05, 0) is 61.9 Å². The number of halogens is 7. The zero-order valence-corrected chi connectivity index (χ0v) is 22.7. The van der Waals surface area contributed by atoms with E-state index in [0.29, 0.717) is 37.8 Å². The van der Waals surface area contributed by atoms with Crippen LogP contribution in [0.5, 0.6) is 0 Å². The van der Waals surface area contributed by atoms with E-state index < -0.39 is 74.5 Å². The van der Waals surface area contributed by atoms with Gasteiger partial charge < -0.3 is 20.2 Å². The van der Waals surface area contributed by atoms with E-state index in [1.807, 2.05) is 0 Å². The van der Waals surface area contributed by atoms with Crippen LogP contribution in [-0.4, -0.2) is 66.3 Å². The number of carbonyl (C=O) groups is 1. The van der Waals surface area contributed by atoms with E-state index >= 15 is 0 Å². The maximum Gasteiger partial charge on any atom is 0.430 e. The number of benzene rings is 2. The molecule has 1 aliphatic carbocycles. The van der Waals surface area contributed by atoms with E-state index in [9.17, 15) is 59.3 Å². The van der Waals surface area contributed by atoms with Gasteiger partial charge in [0.05, 0.1) is 4.90 Å². The van der Waals surface area contributed by atoms with Crippen molar-refractivity contribution in [3.05, 3.63) is 65.5 Å². The normalized spacial score (nSPS) is 24.3. The molecule has 0 unspecified atom stereocenters. The summed E-state index contributed by atoms with van der Waals surface area (Å²) in [5.74, 6) is -2.15. The average Bonchev–Trinajstić information content (AvgIpc) is 3.39. The molecule has 0 aromatic heterocycles. The minimum Gasteiger partial charge on any atom is -0.369 e. The van der Waals surface area contributed by atoms with Gasteiger partial charge in [0.2, 0.25) is 5.91 Å². The molecule has 2 aliphatic rings. The number of aliphatic hydroxyl groups excluding tert-OH is 1. The number of aliphatic hydroxyl groups is 3. The molecule has 7 nitrogen and oxygen atoms in total. The number of amides is 1. The zero-order valence-electron chi connectivity index (χ0n) is 21.9. The van der Waals surface area contributed by atoms with Gasteiger partial charge in [-0.15, -0.1) is 0 Å². The minimum absolute atomic E-state index is 0.112. The molecule has 4 rings (SSSR count). The lowest BCUT2D eigenvalue weighted by atomic mass is 9.81. The van der Waals surface area contributed by atoms with Crippen LogP contribution in [0.3, 0.4) is 0 Å². The molecule has 42 heavy (non-hydrogen) atoms. The van der Waals surface area contributed by atoms with Crippen molar-refractivity contribution in [1.82, 2.24) is 4.90 Å². The molecule has 1 atom stereocenters. The molecule has 2 fully saturated rings. The van der Waals surface area contributed by atoms with Crippen LogP contribution in [0.2, 0.25) is 0 Å². The van der Waals surface area contributed by atoms with Gasteiger partial charge in [0, 0.05) is 30.5 Å². The molecule has 232 valence electrons. The molecule has 1 saturated carbocycles. The molecular weight excluding hydrogens is 599 g/mol. The average molecular weight is 628 g/mol. The molecule has 1 amide bonds. The predicted octanol–water partition coefficient (Wildman–Crippen LogP) is 4.16. The van der Waals surface area contributed by atoms with Crippen LogP contribution in [0.4, 0.5) is 30.7 Å². The summed E-state index contributed by atoms with van der Waals surface area (Å²) in [4.78, 5) is 14.3. The van der Waals surface area contributed by atoms with Crippen LogP contribution in [0.1, 0.15) is 43.2 Å². The number of alkyl halides is 6. The summed E-state index contributed by atoms with van der Waals surface area (Å²) < 4.78 is 120. The first kappa shape index (κ1) is 32.2. The molecular formula is C27H28F7NO6S. The number of hydrogen-bond donors (Lipinski definition) is 3. The van der Waals surface area contributed by atoms with Crippen molar-refractivity contribution in [2.75, 3.05) is 13.1 Å². The molecule has 1 aliphatic heterocycles. The second-order valence-electron chi connectivity index (χ2n) is 10.8. The Morgan fingerprint density at radius 3 is 1.88 bits per heavy atom. The summed E-state index contributed by atoms with van der Waals surface area (Å²) in [5, 5.41) is 28.6. The molecule has 0 radical (unpaired) electrons. The van der Waals surface area contributed by atoms with Crippen molar-refractivity contribution in [2.45, 2.75) is 66.0 Å². The van der Waals surface area contributed by atoms with Crippen molar-refractivity contribution in [2.24, 2.45) is 11.8 Å². The third kappa shape index (κ3) is 5.40. The fraction of sp³-hybridized carbons (Fsp3) is 0.519. The van der Waals surface area contributed by atoms with Crippen molar-refractivity contribution >= 4 is 15.7 Å². The van der Waals surface area contributed by atoms with Gasteiger partial charge in [0.15, 0.2) is 16.1 Å². The third-order valence-corrected chi connectivity index (χ3v) is 10.9. The van der Waals surface area contributed by atoms with Crippen LogP contribution >= 0.6 is 0 Å². The van der Waals surface area contributed by atoms with Gasteiger partial charge in [-0.25, -0.2) is 12.8 Å². The summed E-state index contributed by atoms with van der Waals surface area (Å²) in [5.41, 5.74) is -7.01. The highest BCUT2D eigenvalue weighted by Crippen LogP contribution is 2.51. The van der Waals surface area contributed by atoms with Gasteiger partial charge in [-0.3, -0.25) is 4.79 Å². The maximum absolute atomic E-state index is 14.0. The Bertz CT molecular complexity index is 1370. The molecule has 1 saturated heterocycles. The molecule has 15 heteroatoms. The highest BCUT2D eigenvalue weighted by atomic mass is 32.2. The summed E-state index contributed by atoms with van der Waals surface area (Å²) in [6, 6.07) is 5.90. The van der Waals surface area contributed by atoms with Gasteiger partial charge in [-0.1, -0.05) is 24.3 Å². The monoisotopic (exact) mass is 627 g/mol. The lowest BCUT2D eigenvalue weighted by Crippen LogP contribution is -2.54. The molecule has 2 aromatic rings. The Morgan fingerprint density at radius 1 is 0.881 bits per heavy atom. The smallest absolute Gasteiger partial charge is 0.369 e. The molecule has 0 spiro atoms. The van der Waals surface area contributed by atoms with Crippen LogP contribution in [-0.2, 0) is 25.0 Å². The second-order valence-corrected chi connectivity index (χ2v) is 13.0. The number of sulfone groups is 1. The van der Waals surface area contributed by atoms with Crippen LogP contribution in [0.15, 0.2) is 53.4 Å². The van der Waals surface area contributed by atoms with E-state index in [2.05, 4.69) is 0 Å². The molecule has 1 heterocycles. The Kier molecular flexibility index (Phi) is 8.48. The number of rotatable bonds is 6. The Balaban J connectivity index is 1.74. The van der Waals surface area contributed by atoms with E-state index in [1.165, 1.54) is 4.90 Å². The van der Waals surface area contributed by atoms with Crippen molar-refractivity contribution in [1.29, 1.82) is 0 Å². The van der Waals surface area contributed by atoms with Crippen LogP contribution in [0.25, 0.3) is 0 Å². The Labute approximate surface area is 236 Å². The fourth-order valence-electron chi connectivity index (χ4n) is 5.85. The topological polar surface area (TPSA) is 115 Å². The number of nitrogens with zero attached hydrogens (tertiary/aromatic N) is 1. The largest absolute Gasteiger partial charge is 0.430 e. The van der Waals surface area contributed by atoms with Crippen molar-refractivity contribution in [3.8, 4) is 0 Å². The quantitative estimate of drug-likeness (QED) is 0.252. The summed E-state index contributed by atoms with van der Waals surface area (Å²) in [7, 11) is -4.53. The number of carbonyl (C=O) groups excluding carboxylic acids is 1. The molecule has 2 aromatic carbocycles.